The highest BCUT2D eigenvalue weighted by atomic mass is 16.5. The first-order chi connectivity index (χ1) is 9.49. The Balaban J connectivity index is 2.86. The van der Waals surface area contributed by atoms with Crippen LogP contribution >= 0.6 is 0 Å². The van der Waals surface area contributed by atoms with Gasteiger partial charge in [-0.1, -0.05) is 30.3 Å². The first kappa shape index (κ1) is 13.7. The molecule has 1 aromatic carbocycles. The Hall–Kier alpha value is -2.76. The van der Waals surface area contributed by atoms with Gasteiger partial charge in [0.15, 0.2) is 11.4 Å². The van der Waals surface area contributed by atoms with Crippen molar-refractivity contribution in [1.82, 2.24) is 4.57 Å². The molecule has 1 heterocycles. The molecule has 0 saturated heterocycles. The topological polar surface area (TPSA) is 88.8 Å². The van der Waals surface area contributed by atoms with Crippen molar-refractivity contribution in [3.05, 3.63) is 41.6 Å². The van der Waals surface area contributed by atoms with Gasteiger partial charge in [0.05, 0.1) is 12.8 Å². The molecule has 0 radical (unpaired) electrons. The highest BCUT2D eigenvalue weighted by molar-refractivity contribution is 6.04. The molecule has 0 aliphatic rings. The van der Waals surface area contributed by atoms with E-state index in [-0.39, 0.29) is 17.0 Å². The zero-order valence-electron chi connectivity index (χ0n) is 11.0. The molecule has 6 nitrogen and oxygen atoms in total. The van der Waals surface area contributed by atoms with E-state index < -0.39 is 11.9 Å². The van der Waals surface area contributed by atoms with Crippen molar-refractivity contribution >= 4 is 11.9 Å². The maximum absolute atomic E-state index is 11.5. The summed E-state index contributed by atoms with van der Waals surface area (Å²) in [6, 6.07) is 8.73. The summed E-state index contributed by atoms with van der Waals surface area (Å²) in [4.78, 5) is 22.8. The van der Waals surface area contributed by atoms with E-state index in [1.165, 1.54) is 18.7 Å². The van der Waals surface area contributed by atoms with Crippen LogP contribution in [0.3, 0.4) is 0 Å². The molecule has 0 fully saturated rings. The summed E-state index contributed by atoms with van der Waals surface area (Å²) in [5.74, 6) is -2.62. The van der Waals surface area contributed by atoms with Gasteiger partial charge in [0.25, 0.3) is 0 Å². The molecule has 0 amide bonds. The van der Waals surface area contributed by atoms with Gasteiger partial charge in [0, 0.05) is 7.05 Å². The van der Waals surface area contributed by atoms with Crippen molar-refractivity contribution in [2.75, 3.05) is 7.11 Å². The molecule has 1 aromatic heterocycles. The van der Waals surface area contributed by atoms with Crippen LogP contribution in [0.15, 0.2) is 30.3 Å². The Morgan fingerprint density at radius 3 is 2.15 bits per heavy atom. The number of carboxylic acids is 2. The van der Waals surface area contributed by atoms with Gasteiger partial charge in [-0.3, -0.25) is 0 Å². The minimum absolute atomic E-state index is 0.147. The van der Waals surface area contributed by atoms with E-state index in [0.29, 0.717) is 11.3 Å². The van der Waals surface area contributed by atoms with Crippen molar-refractivity contribution < 1.29 is 24.5 Å². The van der Waals surface area contributed by atoms with Crippen molar-refractivity contribution in [2.24, 2.45) is 7.05 Å². The van der Waals surface area contributed by atoms with Crippen molar-refractivity contribution in [1.29, 1.82) is 0 Å². The number of methoxy groups -OCH3 is 1. The van der Waals surface area contributed by atoms with Crippen molar-refractivity contribution in [3.8, 4) is 17.0 Å². The van der Waals surface area contributed by atoms with Crippen LogP contribution in [0.2, 0.25) is 0 Å². The summed E-state index contributed by atoms with van der Waals surface area (Å²) < 4.78 is 6.32. The van der Waals surface area contributed by atoms with Crippen LogP contribution in [0.25, 0.3) is 11.3 Å². The maximum atomic E-state index is 11.5. The van der Waals surface area contributed by atoms with Crippen LogP contribution in [0, 0.1) is 0 Å². The number of hydrogen-bond donors (Lipinski definition) is 2. The van der Waals surface area contributed by atoms with Gasteiger partial charge >= 0.3 is 11.9 Å². The minimum Gasteiger partial charge on any atom is -0.493 e. The zero-order valence-corrected chi connectivity index (χ0v) is 11.0. The summed E-state index contributed by atoms with van der Waals surface area (Å²) in [6.07, 6.45) is 0. The average molecular weight is 275 g/mol. The lowest BCUT2D eigenvalue weighted by atomic mass is 10.1. The Bertz CT molecular complexity index is 673. The Morgan fingerprint density at radius 1 is 1.10 bits per heavy atom. The van der Waals surface area contributed by atoms with Gasteiger partial charge in [0.2, 0.25) is 0 Å². The van der Waals surface area contributed by atoms with Crippen molar-refractivity contribution in [2.45, 2.75) is 0 Å². The fraction of sp³-hybridized carbons (Fsp3) is 0.143. The highest BCUT2D eigenvalue weighted by Crippen LogP contribution is 2.36. The molecule has 0 saturated carbocycles. The largest absolute Gasteiger partial charge is 0.493 e. The predicted molar refractivity (Wildman–Crippen MR) is 71.3 cm³/mol. The normalized spacial score (nSPS) is 10.3. The summed E-state index contributed by atoms with van der Waals surface area (Å²) >= 11 is 0. The lowest BCUT2D eigenvalue weighted by molar-refractivity contribution is 0.0682. The standard InChI is InChI=1S/C14H13NO5/c1-15-10(8-6-4-3-5-7-8)9(13(16)17)12(20-2)11(15)14(18)19/h3-7H,1-2H3,(H,16,17)(H,18,19). The number of nitrogens with zero attached hydrogens (tertiary/aromatic N) is 1. The van der Waals surface area contributed by atoms with Crippen LogP contribution in [0.4, 0.5) is 0 Å². The molecule has 6 heteroatoms. The number of aromatic carboxylic acids is 2. The van der Waals surface area contributed by atoms with Crippen LogP contribution in [-0.2, 0) is 7.05 Å². The number of carbonyl (C=O) groups is 2. The van der Waals surface area contributed by atoms with E-state index in [1.807, 2.05) is 0 Å². The third-order valence-electron chi connectivity index (χ3n) is 3.02. The smallest absolute Gasteiger partial charge is 0.356 e. The lowest BCUT2D eigenvalue weighted by Crippen LogP contribution is -2.06. The molecule has 0 aliphatic carbocycles. The fourth-order valence-electron chi connectivity index (χ4n) is 2.23. The minimum atomic E-state index is -1.24. The van der Waals surface area contributed by atoms with Gasteiger partial charge in [-0.25, -0.2) is 9.59 Å². The Labute approximate surface area is 114 Å². The monoisotopic (exact) mass is 275 g/mol. The molecule has 20 heavy (non-hydrogen) atoms. The van der Waals surface area contributed by atoms with E-state index in [0.717, 1.165) is 0 Å². The molecule has 2 aromatic rings. The van der Waals surface area contributed by atoms with Gasteiger partial charge in [-0.05, 0) is 5.56 Å². The van der Waals surface area contributed by atoms with Crippen LogP contribution in [-0.4, -0.2) is 33.8 Å². The SMILES string of the molecule is COc1c(C(=O)O)c(-c2ccccc2)n(C)c1C(=O)O. The van der Waals surface area contributed by atoms with Gasteiger partial charge < -0.3 is 19.5 Å². The third kappa shape index (κ3) is 2.01. The molecule has 2 rings (SSSR count). The van der Waals surface area contributed by atoms with Crippen LogP contribution in [0.1, 0.15) is 20.8 Å². The summed E-state index contributed by atoms with van der Waals surface area (Å²) in [6.45, 7) is 0. The molecular formula is C14H13NO5. The Kier molecular flexibility index (Phi) is 3.47. The second-order valence-corrected chi connectivity index (χ2v) is 4.14. The number of ether oxygens (including phenoxy) is 1. The fourth-order valence-corrected chi connectivity index (χ4v) is 2.23. The average Bonchev–Trinajstić information content (AvgIpc) is 2.72. The summed E-state index contributed by atoms with van der Waals surface area (Å²) in [5, 5.41) is 18.6. The van der Waals surface area contributed by atoms with E-state index >= 15 is 0 Å². The van der Waals surface area contributed by atoms with Gasteiger partial charge in [0.1, 0.15) is 5.56 Å². The molecule has 0 atom stereocenters. The summed E-state index contributed by atoms with van der Waals surface area (Å²) in [7, 11) is 2.75. The van der Waals surface area contributed by atoms with E-state index in [2.05, 4.69) is 0 Å². The highest BCUT2D eigenvalue weighted by Gasteiger charge is 2.30. The second kappa shape index (κ2) is 5.08. The number of benzene rings is 1. The van der Waals surface area contributed by atoms with E-state index in [4.69, 9.17) is 4.74 Å². The molecule has 104 valence electrons. The van der Waals surface area contributed by atoms with Gasteiger partial charge in [-0.2, -0.15) is 0 Å². The van der Waals surface area contributed by atoms with Gasteiger partial charge in [-0.15, -0.1) is 0 Å². The number of aromatic nitrogens is 1. The van der Waals surface area contributed by atoms with E-state index in [1.54, 1.807) is 30.3 Å². The van der Waals surface area contributed by atoms with E-state index in [9.17, 15) is 19.8 Å². The molecule has 0 spiro atoms. The lowest BCUT2D eigenvalue weighted by Gasteiger charge is -2.05. The molecule has 0 aliphatic heterocycles. The third-order valence-corrected chi connectivity index (χ3v) is 3.02. The van der Waals surface area contributed by atoms with Crippen molar-refractivity contribution in [3.63, 3.8) is 0 Å². The van der Waals surface area contributed by atoms with Crippen LogP contribution in [0.5, 0.6) is 5.75 Å². The number of hydrogen-bond acceptors (Lipinski definition) is 3. The number of rotatable bonds is 4. The predicted octanol–water partition coefficient (Wildman–Crippen LogP) is 2.10. The molecule has 0 bridgehead atoms. The number of carboxylic acid groups (broad SMARTS) is 2. The first-order valence-electron chi connectivity index (χ1n) is 5.77. The maximum Gasteiger partial charge on any atom is 0.356 e. The Morgan fingerprint density at radius 2 is 1.70 bits per heavy atom. The summed E-state index contributed by atoms with van der Waals surface area (Å²) in [5.41, 5.74) is 0.563. The molecule has 0 unspecified atom stereocenters. The quantitative estimate of drug-likeness (QED) is 0.892. The zero-order chi connectivity index (χ0) is 14.9. The second-order valence-electron chi connectivity index (χ2n) is 4.14. The van der Waals surface area contributed by atoms with Crippen LogP contribution < -0.4 is 4.74 Å². The molecule has 2 N–H and O–H groups in total. The molecular weight excluding hydrogens is 262 g/mol. The first-order valence-corrected chi connectivity index (χ1v) is 5.77.